The van der Waals surface area contributed by atoms with Crippen molar-refractivity contribution < 1.29 is 9.21 Å². The van der Waals surface area contributed by atoms with Crippen LogP contribution in [0.2, 0.25) is 0 Å². The number of amides is 1. The Morgan fingerprint density at radius 1 is 1.59 bits per heavy atom. The number of oxazole rings is 1. The lowest BCUT2D eigenvalue weighted by Crippen LogP contribution is -2.25. The number of unbranched alkanes of at least 4 members (excludes halogenated alkanes) is 1. The van der Waals surface area contributed by atoms with Gasteiger partial charge in [-0.3, -0.25) is 4.79 Å². The standard InChI is InChI=1S/C12H21N3O2/c1-4-5-6-14-11(16)9-7-17-12(15-9)10(13)8(2)3/h7-8,10H,4-6,13H2,1-3H3,(H,14,16). The molecule has 0 aliphatic rings. The van der Waals surface area contributed by atoms with Gasteiger partial charge in [-0.25, -0.2) is 4.98 Å². The maximum atomic E-state index is 11.7. The fourth-order valence-electron chi connectivity index (χ4n) is 1.30. The van der Waals surface area contributed by atoms with E-state index in [1.54, 1.807) is 0 Å². The van der Waals surface area contributed by atoms with Gasteiger partial charge < -0.3 is 15.5 Å². The first-order valence-corrected chi connectivity index (χ1v) is 6.05. The highest BCUT2D eigenvalue weighted by Gasteiger charge is 2.18. The molecule has 0 bridgehead atoms. The van der Waals surface area contributed by atoms with Crippen molar-refractivity contribution in [2.45, 2.75) is 39.7 Å². The van der Waals surface area contributed by atoms with Gasteiger partial charge in [0.2, 0.25) is 5.89 Å². The van der Waals surface area contributed by atoms with Crippen molar-refractivity contribution in [1.29, 1.82) is 0 Å². The van der Waals surface area contributed by atoms with Crippen molar-refractivity contribution in [1.82, 2.24) is 10.3 Å². The average molecular weight is 239 g/mol. The lowest BCUT2D eigenvalue weighted by molar-refractivity contribution is 0.0948. The van der Waals surface area contributed by atoms with Crippen molar-refractivity contribution in [2.24, 2.45) is 11.7 Å². The molecule has 96 valence electrons. The molecule has 1 aromatic rings. The lowest BCUT2D eigenvalue weighted by atomic mass is 10.1. The van der Waals surface area contributed by atoms with E-state index >= 15 is 0 Å². The van der Waals surface area contributed by atoms with Gasteiger partial charge >= 0.3 is 0 Å². The second kappa shape index (κ2) is 6.39. The predicted molar refractivity (Wildman–Crippen MR) is 65.5 cm³/mol. The van der Waals surface area contributed by atoms with Crippen LogP contribution in [0.5, 0.6) is 0 Å². The molecule has 1 heterocycles. The van der Waals surface area contributed by atoms with E-state index in [1.807, 2.05) is 13.8 Å². The summed E-state index contributed by atoms with van der Waals surface area (Å²) < 4.78 is 5.22. The molecule has 0 saturated heterocycles. The summed E-state index contributed by atoms with van der Waals surface area (Å²) >= 11 is 0. The number of rotatable bonds is 6. The molecule has 0 spiro atoms. The van der Waals surface area contributed by atoms with Crippen LogP contribution in [0, 0.1) is 5.92 Å². The molecular formula is C12H21N3O2. The quantitative estimate of drug-likeness (QED) is 0.742. The topological polar surface area (TPSA) is 81.2 Å². The number of hydrogen-bond donors (Lipinski definition) is 2. The highest BCUT2D eigenvalue weighted by atomic mass is 16.3. The Bertz CT molecular complexity index is 360. The van der Waals surface area contributed by atoms with Gasteiger partial charge in [0.1, 0.15) is 6.26 Å². The van der Waals surface area contributed by atoms with Gasteiger partial charge in [-0.05, 0) is 12.3 Å². The number of aromatic nitrogens is 1. The average Bonchev–Trinajstić information content (AvgIpc) is 2.77. The van der Waals surface area contributed by atoms with Crippen molar-refractivity contribution in [2.75, 3.05) is 6.54 Å². The van der Waals surface area contributed by atoms with Crippen molar-refractivity contribution in [3.63, 3.8) is 0 Å². The first-order valence-electron chi connectivity index (χ1n) is 6.05. The molecule has 17 heavy (non-hydrogen) atoms. The number of carbonyl (C=O) groups is 1. The molecule has 5 nitrogen and oxygen atoms in total. The highest BCUT2D eigenvalue weighted by Crippen LogP contribution is 2.17. The first-order chi connectivity index (χ1) is 8.06. The van der Waals surface area contributed by atoms with Gasteiger partial charge in [-0.15, -0.1) is 0 Å². The molecule has 0 saturated carbocycles. The van der Waals surface area contributed by atoms with Gasteiger partial charge in [0.15, 0.2) is 5.69 Å². The monoisotopic (exact) mass is 239 g/mol. The highest BCUT2D eigenvalue weighted by molar-refractivity contribution is 5.91. The van der Waals surface area contributed by atoms with E-state index in [4.69, 9.17) is 10.2 Å². The molecule has 0 aliphatic heterocycles. The summed E-state index contributed by atoms with van der Waals surface area (Å²) in [6.45, 7) is 6.70. The SMILES string of the molecule is CCCCNC(=O)c1coc(C(N)C(C)C)n1. The molecule has 0 fully saturated rings. The smallest absolute Gasteiger partial charge is 0.273 e. The van der Waals surface area contributed by atoms with E-state index in [1.165, 1.54) is 6.26 Å². The summed E-state index contributed by atoms with van der Waals surface area (Å²) in [6.07, 6.45) is 3.36. The summed E-state index contributed by atoms with van der Waals surface area (Å²) in [5.41, 5.74) is 6.18. The molecule has 0 radical (unpaired) electrons. The van der Waals surface area contributed by atoms with Crippen LogP contribution < -0.4 is 11.1 Å². The molecular weight excluding hydrogens is 218 g/mol. The zero-order valence-corrected chi connectivity index (χ0v) is 10.7. The Labute approximate surface area is 102 Å². The minimum atomic E-state index is -0.271. The maximum absolute atomic E-state index is 11.7. The fraction of sp³-hybridized carbons (Fsp3) is 0.667. The molecule has 3 N–H and O–H groups in total. The fourth-order valence-corrected chi connectivity index (χ4v) is 1.30. The van der Waals surface area contributed by atoms with Gasteiger partial charge in [0, 0.05) is 6.54 Å². The van der Waals surface area contributed by atoms with Crippen LogP contribution >= 0.6 is 0 Å². The first kappa shape index (κ1) is 13.7. The maximum Gasteiger partial charge on any atom is 0.273 e. The number of nitrogens with two attached hydrogens (primary N) is 1. The van der Waals surface area contributed by atoms with E-state index in [2.05, 4.69) is 17.2 Å². The van der Waals surface area contributed by atoms with Gasteiger partial charge in [-0.2, -0.15) is 0 Å². The van der Waals surface area contributed by atoms with Crippen molar-refractivity contribution in [3.05, 3.63) is 17.8 Å². The number of nitrogens with zero attached hydrogens (tertiary/aromatic N) is 1. The lowest BCUT2D eigenvalue weighted by Gasteiger charge is -2.10. The van der Waals surface area contributed by atoms with Crippen LogP contribution in [-0.2, 0) is 0 Å². The summed E-state index contributed by atoms with van der Waals surface area (Å²) in [5.74, 6) is 0.440. The van der Waals surface area contributed by atoms with Crippen LogP contribution in [0.4, 0.5) is 0 Å². The Morgan fingerprint density at radius 2 is 2.29 bits per heavy atom. The molecule has 1 atom stereocenters. The molecule has 1 amide bonds. The van der Waals surface area contributed by atoms with Crippen molar-refractivity contribution >= 4 is 5.91 Å². The van der Waals surface area contributed by atoms with Gasteiger partial charge in [0.25, 0.3) is 5.91 Å². The second-order valence-corrected chi connectivity index (χ2v) is 4.45. The minimum absolute atomic E-state index is 0.204. The van der Waals surface area contributed by atoms with Crippen LogP contribution in [0.1, 0.15) is 56.0 Å². The van der Waals surface area contributed by atoms with E-state index < -0.39 is 0 Å². The molecule has 1 unspecified atom stereocenters. The molecule has 1 aromatic heterocycles. The van der Waals surface area contributed by atoms with Crippen molar-refractivity contribution in [3.8, 4) is 0 Å². The van der Waals surface area contributed by atoms with Crippen LogP contribution in [0.25, 0.3) is 0 Å². The Kier molecular flexibility index (Phi) is 5.15. The zero-order valence-electron chi connectivity index (χ0n) is 10.7. The Morgan fingerprint density at radius 3 is 2.88 bits per heavy atom. The van der Waals surface area contributed by atoms with E-state index in [-0.39, 0.29) is 17.9 Å². The summed E-state index contributed by atoms with van der Waals surface area (Å²) in [6, 6.07) is -0.271. The Hall–Kier alpha value is -1.36. The van der Waals surface area contributed by atoms with Gasteiger partial charge in [-0.1, -0.05) is 27.2 Å². The van der Waals surface area contributed by atoms with Crippen LogP contribution in [-0.4, -0.2) is 17.4 Å². The van der Waals surface area contributed by atoms with E-state index in [9.17, 15) is 4.79 Å². The Balaban J connectivity index is 2.58. The summed E-state index contributed by atoms with van der Waals surface area (Å²) in [5, 5.41) is 2.78. The zero-order chi connectivity index (χ0) is 12.8. The van der Waals surface area contributed by atoms with Crippen LogP contribution in [0.15, 0.2) is 10.7 Å². The van der Waals surface area contributed by atoms with Gasteiger partial charge in [0.05, 0.1) is 6.04 Å². The summed E-state index contributed by atoms with van der Waals surface area (Å²) in [4.78, 5) is 15.8. The third-order valence-electron chi connectivity index (χ3n) is 2.57. The molecule has 5 heteroatoms. The number of nitrogens with one attached hydrogen (secondary N) is 1. The number of carbonyl (C=O) groups excluding carboxylic acids is 1. The minimum Gasteiger partial charge on any atom is -0.446 e. The van der Waals surface area contributed by atoms with Crippen LogP contribution in [0.3, 0.4) is 0 Å². The molecule has 1 rings (SSSR count). The van der Waals surface area contributed by atoms with E-state index in [0.717, 1.165) is 12.8 Å². The molecule has 0 aliphatic carbocycles. The van der Waals surface area contributed by atoms with E-state index in [0.29, 0.717) is 18.1 Å². The summed E-state index contributed by atoms with van der Waals surface area (Å²) in [7, 11) is 0. The normalized spacial score (nSPS) is 12.8. The number of hydrogen-bond acceptors (Lipinski definition) is 4. The second-order valence-electron chi connectivity index (χ2n) is 4.45. The third-order valence-corrected chi connectivity index (χ3v) is 2.57. The third kappa shape index (κ3) is 3.85. The largest absolute Gasteiger partial charge is 0.446 e. The molecule has 0 aromatic carbocycles. The predicted octanol–water partition coefficient (Wildman–Crippen LogP) is 1.86.